The zero-order valence-corrected chi connectivity index (χ0v) is 10.3. The molecular weight excluding hydrogens is 212 g/mol. The summed E-state index contributed by atoms with van der Waals surface area (Å²) >= 11 is 0. The molecule has 2 rings (SSSR count). The first-order valence-corrected chi connectivity index (χ1v) is 5.69. The first kappa shape index (κ1) is 11.6. The van der Waals surface area contributed by atoms with Gasteiger partial charge in [-0.1, -0.05) is 38.1 Å². The molecule has 0 aliphatic carbocycles. The molecule has 2 aromatic carbocycles. The van der Waals surface area contributed by atoms with Gasteiger partial charge in [0.2, 0.25) is 0 Å². The van der Waals surface area contributed by atoms with E-state index in [-0.39, 0.29) is 11.7 Å². The lowest BCUT2D eigenvalue weighted by Crippen LogP contribution is -1.89. The molecule has 0 aliphatic rings. The van der Waals surface area contributed by atoms with E-state index in [4.69, 9.17) is 0 Å². The van der Waals surface area contributed by atoms with Crippen LogP contribution in [0.25, 0.3) is 10.8 Å². The molecule has 0 saturated carbocycles. The molecule has 0 aromatic heterocycles. The van der Waals surface area contributed by atoms with Crippen LogP contribution in [0.1, 0.15) is 25.3 Å². The number of hydrogen-bond acceptors (Lipinski definition) is 3. The quantitative estimate of drug-likeness (QED) is 0.761. The molecular formula is C14H16N2O. The summed E-state index contributed by atoms with van der Waals surface area (Å²) in [6.45, 7) is 4.10. The topological polar surface area (TPSA) is 45.0 Å². The number of azo groups is 1. The van der Waals surface area contributed by atoms with E-state index in [1.807, 2.05) is 30.3 Å². The van der Waals surface area contributed by atoms with Crippen molar-refractivity contribution in [2.24, 2.45) is 10.2 Å². The van der Waals surface area contributed by atoms with Crippen molar-refractivity contribution in [3.05, 3.63) is 35.9 Å². The van der Waals surface area contributed by atoms with Crippen molar-refractivity contribution >= 4 is 16.5 Å². The molecule has 17 heavy (non-hydrogen) atoms. The predicted molar refractivity (Wildman–Crippen MR) is 70.1 cm³/mol. The standard InChI is InChI=1S/C14H16N2O/c1-9(2)12-8-10-6-4-5-7-11(10)13(14(12)17)16-15-3/h4-9,17H,1-3H3. The smallest absolute Gasteiger partial charge is 0.147 e. The van der Waals surface area contributed by atoms with Gasteiger partial charge in [-0.05, 0) is 22.9 Å². The fourth-order valence-electron chi connectivity index (χ4n) is 1.98. The predicted octanol–water partition coefficient (Wildman–Crippen LogP) is 4.38. The van der Waals surface area contributed by atoms with Crippen molar-refractivity contribution in [3.8, 4) is 5.75 Å². The Morgan fingerprint density at radius 3 is 2.53 bits per heavy atom. The summed E-state index contributed by atoms with van der Waals surface area (Å²) in [5.41, 5.74) is 1.47. The molecule has 2 aromatic rings. The maximum absolute atomic E-state index is 10.2. The highest BCUT2D eigenvalue weighted by Crippen LogP contribution is 2.41. The molecule has 0 heterocycles. The molecule has 0 aliphatic heterocycles. The molecule has 1 N–H and O–H groups in total. The van der Waals surface area contributed by atoms with Crippen molar-refractivity contribution in [2.75, 3.05) is 7.05 Å². The molecule has 0 amide bonds. The summed E-state index contributed by atoms with van der Waals surface area (Å²) in [7, 11) is 1.61. The van der Waals surface area contributed by atoms with E-state index in [2.05, 4.69) is 24.1 Å². The number of benzene rings is 2. The van der Waals surface area contributed by atoms with E-state index >= 15 is 0 Å². The van der Waals surface area contributed by atoms with E-state index in [1.54, 1.807) is 7.05 Å². The van der Waals surface area contributed by atoms with Gasteiger partial charge in [0.15, 0.2) is 0 Å². The lowest BCUT2D eigenvalue weighted by molar-refractivity contribution is 0.467. The Bertz CT molecular complexity index is 574. The second-order valence-corrected chi connectivity index (χ2v) is 4.34. The average Bonchev–Trinajstić information content (AvgIpc) is 2.32. The van der Waals surface area contributed by atoms with Gasteiger partial charge in [-0.25, -0.2) is 0 Å². The molecule has 0 radical (unpaired) electrons. The highest BCUT2D eigenvalue weighted by atomic mass is 16.3. The van der Waals surface area contributed by atoms with Crippen LogP contribution in [0.5, 0.6) is 5.75 Å². The van der Waals surface area contributed by atoms with Crippen molar-refractivity contribution in [2.45, 2.75) is 19.8 Å². The molecule has 88 valence electrons. The Hall–Kier alpha value is -1.90. The zero-order valence-electron chi connectivity index (χ0n) is 10.3. The lowest BCUT2D eigenvalue weighted by Gasteiger charge is -2.12. The number of hydrogen-bond donors (Lipinski definition) is 1. The van der Waals surface area contributed by atoms with Crippen LogP contribution in [-0.2, 0) is 0 Å². The minimum atomic E-state index is 0.240. The number of nitrogens with zero attached hydrogens (tertiary/aromatic N) is 2. The van der Waals surface area contributed by atoms with Crippen molar-refractivity contribution in [1.82, 2.24) is 0 Å². The Labute approximate surface area is 101 Å². The maximum Gasteiger partial charge on any atom is 0.147 e. The van der Waals surface area contributed by atoms with Crippen molar-refractivity contribution < 1.29 is 5.11 Å². The van der Waals surface area contributed by atoms with Gasteiger partial charge < -0.3 is 5.11 Å². The van der Waals surface area contributed by atoms with E-state index < -0.39 is 0 Å². The molecule has 0 fully saturated rings. The van der Waals surface area contributed by atoms with Crippen LogP contribution in [-0.4, -0.2) is 12.2 Å². The zero-order chi connectivity index (χ0) is 12.4. The van der Waals surface area contributed by atoms with E-state index in [1.165, 1.54) is 0 Å². The van der Waals surface area contributed by atoms with E-state index in [9.17, 15) is 5.11 Å². The van der Waals surface area contributed by atoms with Gasteiger partial charge in [0.25, 0.3) is 0 Å². The molecule has 3 heteroatoms. The fraction of sp³-hybridized carbons (Fsp3) is 0.286. The number of fused-ring (bicyclic) bond motifs is 1. The normalized spacial score (nSPS) is 11.8. The summed E-state index contributed by atoms with van der Waals surface area (Å²) in [4.78, 5) is 0. The SMILES string of the molecule is CN=Nc1c(O)c(C(C)C)cc2ccccc12. The largest absolute Gasteiger partial charge is 0.505 e. The van der Waals surface area contributed by atoms with Crippen LogP contribution in [0, 0.1) is 0 Å². The van der Waals surface area contributed by atoms with Crippen LogP contribution < -0.4 is 0 Å². The van der Waals surface area contributed by atoms with Gasteiger partial charge in [-0.3, -0.25) is 0 Å². The van der Waals surface area contributed by atoms with Crippen LogP contribution >= 0.6 is 0 Å². The summed E-state index contributed by atoms with van der Waals surface area (Å²) in [6, 6.07) is 9.91. The third-order valence-corrected chi connectivity index (χ3v) is 2.85. The monoisotopic (exact) mass is 228 g/mol. The van der Waals surface area contributed by atoms with Gasteiger partial charge in [0, 0.05) is 12.4 Å². The molecule has 3 nitrogen and oxygen atoms in total. The number of phenols is 1. The summed E-state index contributed by atoms with van der Waals surface area (Å²) in [6.07, 6.45) is 0. The first-order chi connectivity index (χ1) is 8.15. The first-order valence-electron chi connectivity index (χ1n) is 5.69. The van der Waals surface area contributed by atoms with Crippen LogP contribution in [0.15, 0.2) is 40.6 Å². The van der Waals surface area contributed by atoms with Gasteiger partial charge in [0.1, 0.15) is 11.4 Å². The van der Waals surface area contributed by atoms with E-state index in [0.29, 0.717) is 5.69 Å². The number of rotatable bonds is 2. The van der Waals surface area contributed by atoms with Crippen molar-refractivity contribution in [1.29, 1.82) is 0 Å². The Morgan fingerprint density at radius 2 is 1.88 bits per heavy atom. The second kappa shape index (κ2) is 4.53. The average molecular weight is 228 g/mol. The molecule has 0 atom stereocenters. The number of aromatic hydroxyl groups is 1. The Balaban J connectivity index is 2.85. The van der Waals surface area contributed by atoms with Gasteiger partial charge in [0.05, 0.1) is 0 Å². The fourth-order valence-corrected chi connectivity index (χ4v) is 1.98. The third kappa shape index (κ3) is 2.00. The molecule has 0 bridgehead atoms. The maximum atomic E-state index is 10.2. The molecule has 0 saturated heterocycles. The number of phenolic OH excluding ortho intramolecular Hbond substituents is 1. The third-order valence-electron chi connectivity index (χ3n) is 2.85. The highest BCUT2D eigenvalue weighted by Gasteiger charge is 2.14. The molecule has 0 spiro atoms. The summed E-state index contributed by atoms with van der Waals surface area (Å²) in [5, 5.41) is 20.1. The van der Waals surface area contributed by atoms with Crippen LogP contribution in [0.4, 0.5) is 5.69 Å². The highest BCUT2D eigenvalue weighted by molar-refractivity contribution is 5.96. The van der Waals surface area contributed by atoms with Gasteiger partial charge >= 0.3 is 0 Å². The van der Waals surface area contributed by atoms with Crippen LogP contribution in [0.2, 0.25) is 0 Å². The Kier molecular flexibility index (Phi) is 3.09. The van der Waals surface area contributed by atoms with Crippen molar-refractivity contribution in [3.63, 3.8) is 0 Å². The minimum absolute atomic E-state index is 0.240. The summed E-state index contributed by atoms with van der Waals surface area (Å²) < 4.78 is 0. The summed E-state index contributed by atoms with van der Waals surface area (Å²) in [5.74, 6) is 0.495. The van der Waals surface area contributed by atoms with Gasteiger partial charge in [-0.2, -0.15) is 10.2 Å². The minimum Gasteiger partial charge on any atom is -0.505 e. The van der Waals surface area contributed by atoms with Gasteiger partial charge in [-0.15, -0.1) is 0 Å². The van der Waals surface area contributed by atoms with Crippen LogP contribution in [0.3, 0.4) is 0 Å². The Morgan fingerprint density at radius 1 is 1.18 bits per heavy atom. The molecule has 0 unspecified atom stereocenters. The van der Waals surface area contributed by atoms with E-state index in [0.717, 1.165) is 16.3 Å². The lowest BCUT2D eigenvalue weighted by atomic mass is 9.96. The second-order valence-electron chi connectivity index (χ2n) is 4.34.